The topological polar surface area (TPSA) is 46.9 Å². The summed E-state index contributed by atoms with van der Waals surface area (Å²) >= 11 is 0. The summed E-state index contributed by atoms with van der Waals surface area (Å²) in [6, 6.07) is 7.78. The fourth-order valence-corrected chi connectivity index (χ4v) is 2.66. The minimum atomic E-state index is -0.228. The van der Waals surface area contributed by atoms with Crippen molar-refractivity contribution in [3.8, 4) is 0 Å². The number of benzene rings is 1. The van der Waals surface area contributed by atoms with E-state index in [1.165, 1.54) is 5.57 Å². The lowest BCUT2D eigenvalue weighted by Gasteiger charge is -2.21. The van der Waals surface area contributed by atoms with Crippen LogP contribution >= 0.6 is 0 Å². The summed E-state index contributed by atoms with van der Waals surface area (Å²) in [5.41, 5.74) is 3.90. The fraction of sp³-hybridized carbons (Fsp3) is 0.333. The van der Waals surface area contributed by atoms with Gasteiger partial charge in [0.2, 0.25) is 0 Å². The molecular formula is C18H21N3O. The van der Waals surface area contributed by atoms with E-state index >= 15 is 0 Å². The Kier molecular flexibility index (Phi) is 3.61. The number of hydrogen-bond donors (Lipinski definition) is 1. The largest absolute Gasteiger partial charge is 0.347 e. The highest BCUT2D eigenvalue weighted by molar-refractivity contribution is 5.95. The average molecular weight is 295 g/mol. The number of carbonyl (C=O) groups is 1. The Labute approximate surface area is 130 Å². The van der Waals surface area contributed by atoms with E-state index in [-0.39, 0.29) is 11.4 Å². The minimum absolute atomic E-state index is 0.0401. The Bertz CT molecular complexity index is 718. The molecule has 1 aromatic carbocycles. The van der Waals surface area contributed by atoms with E-state index in [2.05, 4.69) is 20.9 Å². The van der Waals surface area contributed by atoms with Crippen LogP contribution in [0.4, 0.5) is 0 Å². The predicted octanol–water partition coefficient (Wildman–Crippen LogP) is 3.25. The van der Waals surface area contributed by atoms with E-state index in [4.69, 9.17) is 0 Å². The Morgan fingerprint density at radius 3 is 2.64 bits per heavy atom. The first-order valence-corrected chi connectivity index (χ1v) is 7.58. The van der Waals surface area contributed by atoms with E-state index in [1.54, 1.807) is 0 Å². The highest BCUT2D eigenvalue weighted by atomic mass is 16.1. The zero-order valence-corrected chi connectivity index (χ0v) is 13.3. The van der Waals surface area contributed by atoms with Gasteiger partial charge >= 0.3 is 0 Å². The summed E-state index contributed by atoms with van der Waals surface area (Å²) in [5.74, 6) is -0.0401. The summed E-state index contributed by atoms with van der Waals surface area (Å²) in [7, 11) is 0. The molecule has 1 N–H and O–H groups in total. The van der Waals surface area contributed by atoms with Crippen molar-refractivity contribution in [1.29, 1.82) is 0 Å². The van der Waals surface area contributed by atoms with E-state index < -0.39 is 0 Å². The number of aromatic nitrogens is 2. The lowest BCUT2D eigenvalue weighted by atomic mass is 9.98. The maximum Gasteiger partial charge on any atom is 0.251 e. The van der Waals surface area contributed by atoms with Gasteiger partial charge in [0, 0.05) is 23.2 Å². The number of carbonyl (C=O) groups excluding carboxylic acids is 1. The number of aryl methyl sites for hydroxylation is 1. The molecular weight excluding hydrogens is 274 g/mol. The third-order valence-electron chi connectivity index (χ3n) is 3.65. The van der Waals surface area contributed by atoms with Crippen LogP contribution in [0.1, 0.15) is 48.8 Å². The van der Waals surface area contributed by atoms with Crippen molar-refractivity contribution in [2.45, 2.75) is 39.3 Å². The first kappa shape index (κ1) is 14.6. The summed E-state index contributed by atoms with van der Waals surface area (Å²) in [5, 5.41) is 2.98. The second-order valence-electron chi connectivity index (χ2n) is 6.66. The summed E-state index contributed by atoms with van der Waals surface area (Å²) < 4.78 is 2.16. The number of fused-ring (bicyclic) bond motifs is 1. The van der Waals surface area contributed by atoms with Crippen molar-refractivity contribution in [3.63, 3.8) is 0 Å². The normalized spacial score (nSPS) is 14.2. The smallest absolute Gasteiger partial charge is 0.251 e. The van der Waals surface area contributed by atoms with Crippen molar-refractivity contribution < 1.29 is 4.79 Å². The Morgan fingerprint density at radius 2 is 1.95 bits per heavy atom. The average Bonchev–Trinajstić information content (AvgIpc) is 2.94. The van der Waals surface area contributed by atoms with Crippen LogP contribution in [0.3, 0.4) is 0 Å². The van der Waals surface area contributed by atoms with Crippen molar-refractivity contribution in [3.05, 3.63) is 59.7 Å². The molecule has 0 fully saturated rings. The highest BCUT2D eigenvalue weighted by Gasteiger charge is 2.17. The minimum Gasteiger partial charge on any atom is -0.347 e. The van der Waals surface area contributed by atoms with Crippen LogP contribution in [-0.2, 0) is 6.54 Å². The maximum absolute atomic E-state index is 12.2. The molecule has 2 aromatic rings. The second kappa shape index (κ2) is 5.44. The third-order valence-corrected chi connectivity index (χ3v) is 3.65. The molecule has 0 atom stereocenters. The molecule has 3 rings (SSSR count). The number of allylic oxidation sites excluding steroid dienone is 1. The molecule has 2 heterocycles. The maximum atomic E-state index is 12.2. The molecule has 0 aliphatic carbocycles. The Balaban J connectivity index is 1.84. The summed E-state index contributed by atoms with van der Waals surface area (Å²) in [4.78, 5) is 16.4. The lowest BCUT2D eigenvalue weighted by molar-refractivity contribution is 0.0919. The van der Waals surface area contributed by atoms with Gasteiger partial charge in [0.15, 0.2) is 0 Å². The number of hydrogen-bond acceptors (Lipinski definition) is 2. The van der Waals surface area contributed by atoms with Gasteiger partial charge in [-0.1, -0.05) is 18.2 Å². The molecule has 0 bridgehead atoms. The first-order valence-electron chi connectivity index (χ1n) is 7.58. The zero-order chi connectivity index (χ0) is 15.7. The molecule has 4 heteroatoms. The van der Waals surface area contributed by atoms with Gasteiger partial charge in [0.25, 0.3) is 5.91 Å². The first-order chi connectivity index (χ1) is 10.4. The highest BCUT2D eigenvalue weighted by Crippen LogP contribution is 2.27. The molecule has 0 saturated carbocycles. The van der Waals surface area contributed by atoms with Crippen LogP contribution < -0.4 is 5.32 Å². The molecule has 0 unspecified atom stereocenters. The van der Waals surface area contributed by atoms with Crippen LogP contribution in [-0.4, -0.2) is 21.0 Å². The van der Waals surface area contributed by atoms with Crippen molar-refractivity contribution >= 4 is 11.5 Å². The van der Waals surface area contributed by atoms with Crippen LogP contribution in [0.25, 0.3) is 5.57 Å². The van der Waals surface area contributed by atoms with Gasteiger partial charge in [-0.15, -0.1) is 0 Å². The zero-order valence-electron chi connectivity index (χ0n) is 13.3. The molecule has 0 saturated heterocycles. The van der Waals surface area contributed by atoms with Gasteiger partial charge in [0.1, 0.15) is 0 Å². The van der Waals surface area contributed by atoms with E-state index in [9.17, 15) is 4.79 Å². The van der Waals surface area contributed by atoms with Gasteiger partial charge in [-0.05, 0) is 44.9 Å². The number of imidazole rings is 1. The van der Waals surface area contributed by atoms with Crippen LogP contribution in [0, 0.1) is 0 Å². The lowest BCUT2D eigenvalue weighted by Crippen LogP contribution is -2.40. The summed E-state index contributed by atoms with van der Waals surface area (Å²) in [6.45, 7) is 6.92. The Morgan fingerprint density at radius 1 is 1.23 bits per heavy atom. The molecule has 22 heavy (non-hydrogen) atoms. The standard InChI is InChI=1S/C18H21N3O/c1-18(2,3)20-17(22)14-8-6-13(7-9-14)15-5-4-10-21-12-19-11-16(15)21/h5-9,11-12H,4,10H2,1-3H3,(H,20,22). The van der Waals surface area contributed by atoms with E-state index in [0.29, 0.717) is 5.56 Å². The van der Waals surface area contributed by atoms with Gasteiger partial charge in [-0.3, -0.25) is 4.79 Å². The molecule has 4 nitrogen and oxygen atoms in total. The molecule has 1 aromatic heterocycles. The van der Waals surface area contributed by atoms with Crippen LogP contribution in [0.2, 0.25) is 0 Å². The van der Waals surface area contributed by atoms with Gasteiger partial charge in [0.05, 0.1) is 18.2 Å². The van der Waals surface area contributed by atoms with Crippen molar-refractivity contribution in [2.75, 3.05) is 0 Å². The molecule has 0 spiro atoms. The monoisotopic (exact) mass is 295 g/mol. The number of rotatable bonds is 2. The second-order valence-corrected chi connectivity index (χ2v) is 6.66. The number of amides is 1. The van der Waals surface area contributed by atoms with Gasteiger partial charge in [-0.25, -0.2) is 4.98 Å². The molecule has 1 amide bonds. The van der Waals surface area contributed by atoms with Gasteiger partial charge in [-0.2, -0.15) is 0 Å². The van der Waals surface area contributed by atoms with Gasteiger partial charge < -0.3 is 9.88 Å². The third kappa shape index (κ3) is 2.96. The van der Waals surface area contributed by atoms with E-state index in [0.717, 1.165) is 24.2 Å². The van der Waals surface area contributed by atoms with Crippen LogP contribution in [0.5, 0.6) is 0 Å². The molecule has 0 radical (unpaired) electrons. The van der Waals surface area contributed by atoms with Crippen molar-refractivity contribution in [2.24, 2.45) is 0 Å². The van der Waals surface area contributed by atoms with E-state index in [1.807, 2.05) is 57.6 Å². The SMILES string of the molecule is CC(C)(C)NC(=O)c1ccc(C2=CCCn3cncc32)cc1. The molecule has 1 aliphatic rings. The summed E-state index contributed by atoms with van der Waals surface area (Å²) in [6.07, 6.45) is 7.00. The predicted molar refractivity (Wildman–Crippen MR) is 87.6 cm³/mol. The number of nitrogens with zero attached hydrogens (tertiary/aromatic N) is 2. The molecule has 1 aliphatic heterocycles. The quantitative estimate of drug-likeness (QED) is 0.924. The fourth-order valence-electron chi connectivity index (χ4n) is 2.66. The van der Waals surface area contributed by atoms with Crippen molar-refractivity contribution in [1.82, 2.24) is 14.9 Å². The van der Waals surface area contributed by atoms with Crippen LogP contribution in [0.15, 0.2) is 42.9 Å². The Hall–Kier alpha value is -2.36. The molecule has 114 valence electrons. The number of nitrogens with one attached hydrogen (secondary N) is 1.